The van der Waals surface area contributed by atoms with Gasteiger partial charge in [-0.25, -0.2) is 0 Å². The van der Waals surface area contributed by atoms with Crippen LogP contribution in [-0.2, 0) is 3.07 Å². The predicted molar refractivity (Wildman–Crippen MR) is 56.2 cm³/mol. The fraction of sp³-hybridized carbons (Fsp3) is 1.00. The van der Waals surface area contributed by atoms with Gasteiger partial charge in [0, 0.05) is 6.54 Å². The minimum atomic E-state index is 0.285. The molecule has 1 fully saturated rings. The lowest BCUT2D eigenvalue weighted by Crippen LogP contribution is -2.36. The molecular weight excluding hydrogens is 269 g/mol. The van der Waals surface area contributed by atoms with Gasteiger partial charge in [-0.2, -0.15) is 0 Å². The summed E-state index contributed by atoms with van der Waals surface area (Å²) in [6, 6.07) is 0. The Morgan fingerprint density at radius 2 is 2.08 bits per heavy atom. The van der Waals surface area contributed by atoms with Crippen molar-refractivity contribution in [3.8, 4) is 0 Å². The van der Waals surface area contributed by atoms with E-state index in [4.69, 9.17) is 8.17 Å². The standard InChI is InChI=1S/C8H16INO2/c9-12-7-8-1-3-10(4-2-8)5-6-11/h8,11H,1-7H2. The van der Waals surface area contributed by atoms with E-state index in [0.717, 1.165) is 32.2 Å². The lowest BCUT2D eigenvalue weighted by atomic mass is 9.98. The summed E-state index contributed by atoms with van der Waals surface area (Å²) >= 11 is 1.96. The van der Waals surface area contributed by atoms with Gasteiger partial charge in [0.25, 0.3) is 0 Å². The molecule has 0 aromatic rings. The number of aliphatic hydroxyl groups excluding tert-OH is 1. The maximum Gasteiger partial charge on any atom is 0.109 e. The summed E-state index contributed by atoms with van der Waals surface area (Å²) in [5, 5.41) is 8.72. The number of β-amino-alcohol motifs (C(OH)–C–C–N with tert-alkyl or cyclic N) is 1. The Morgan fingerprint density at radius 1 is 1.42 bits per heavy atom. The van der Waals surface area contributed by atoms with Gasteiger partial charge < -0.3 is 13.1 Å². The van der Waals surface area contributed by atoms with Crippen LogP contribution in [0.2, 0.25) is 0 Å². The highest BCUT2D eigenvalue weighted by atomic mass is 127. The maximum atomic E-state index is 8.72. The lowest BCUT2D eigenvalue weighted by molar-refractivity contribution is 0.132. The first kappa shape index (κ1) is 10.7. The van der Waals surface area contributed by atoms with E-state index in [1.807, 2.05) is 23.0 Å². The third-order valence-electron chi connectivity index (χ3n) is 2.42. The van der Waals surface area contributed by atoms with Crippen molar-refractivity contribution in [1.29, 1.82) is 0 Å². The Morgan fingerprint density at radius 3 is 2.58 bits per heavy atom. The number of rotatable bonds is 4. The molecule has 0 aromatic heterocycles. The predicted octanol–water partition coefficient (Wildman–Crippen LogP) is 1.06. The molecular formula is C8H16INO2. The molecule has 0 radical (unpaired) electrons. The van der Waals surface area contributed by atoms with Crippen LogP contribution in [-0.4, -0.2) is 42.9 Å². The molecule has 72 valence electrons. The highest BCUT2D eigenvalue weighted by molar-refractivity contribution is 14.1. The second-order valence-electron chi connectivity index (χ2n) is 3.28. The van der Waals surface area contributed by atoms with E-state index in [2.05, 4.69) is 4.90 Å². The summed E-state index contributed by atoms with van der Waals surface area (Å²) in [5.74, 6) is 0.733. The van der Waals surface area contributed by atoms with Crippen molar-refractivity contribution in [2.24, 2.45) is 5.92 Å². The SMILES string of the molecule is OCCN1CCC(COI)CC1. The van der Waals surface area contributed by atoms with Crippen LogP contribution < -0.4 is 0 Å². The van der Waals surface area contributed by atoms with Crippen LogP contribution >= 0.6 is 23.0 Å². The smallest absolute Gasteiger partial charge is 0.109 e. The molecule has 0 atom stereocenters. The van der Waals surface area contributed by atoms with Gasteiger partial charge in [-0.1, -0.05) is 0 Å². The Balaban J connectivity index is 2.11. The number of aliphatic hydroxyl groups is 1. The second kappa shape index (κ2) is 6.12. The number of nitrogens with zero attached hydrogens (tertiary/aromatic N) is 1. The first-order chi connectivity index (χ1) is 5.86. The molecule has 1 heterocycles. The van der Waals surface area contributed by atoms with E-state index in [0.29, 0.717) is 0 Å². The van der Waals surface area contributed by atoms with E-state index < -0.39 is 0 Å². The normalized spacial score (nSPS) is 21.5. The van der Waals surface area contributed by atoms with Crippen molar-refractivity contribution in [3.63, 3.8) is 0 Å². The third-order valence-corrected chi connectivity index (χ3v) is 2.78. The number of likely N-dealkylation sites (tertiary alicyclic amines) is 1. The lowest BCUT2D eigenvalue weighted by Gasteiger charge is -2.30. The van der Waals surface area contributed by atoms with Crippen molar-refractivity contribution >= 4 is 23.0 Å². The van der Waals surface area contributed by atoms with E-state index in [1.165, 1.54) is 12.8 Å². The Bertz CT molecular complexity index is 102. The van der Waals surface area contributed by atoms with Crippen LogP contribution in [0.15, 0.2) is 0 Å². The van der Waals surface area contributed by atoms with Gasteiger partial charge in [0.05, 0.1) is 13.2 Å². The molecule has 1 rings (SSSR count). The topological polar surface area (TPSA) is 32.7 Å². The van der Waals surface area contributed by atoms with Crippen LogP contribution in [0.25, 0.3) is 0 Å². The molecule has 0 aliphatic carbocycles. The molecule has 0 bridgehead atoms. The molecule has 4 heteroatoms. The number of piperidine rings is 1. The monoisotopic (exact) mass is 285 g/mol. The average Bonchev–Trinajstić information content (AvgIpc) is 2.09. The molecule has 1 N–H and O–H groups in total. The molecule has 0 unspecified atom stereocenters. The second-order valence-corrected chi connectivity index (χ2v) is 3.91. The molecule has 0 saturated carbocycles. The summed E-state index contributed by atoms with van der Waals surface area (Å²) in [6.07, 6.45) is 2.42. The Hall–Kier alpha value is 0.610. The zero-order chi connectivity index (χ0) is 8.81. The summed E-state index contributed by atoms with van der Waals surface area (Å²) in [6.45, 7) is 4.23. The van der Waals surface area contributed by atoms with Gasteiger partial charge >= 0.3 is 0 Å². The molecule has 0 spiro atoms. The largest absolute Gasteiger partial charge is 0.395 e. The van der Waals surface area contributed by atoms with Crippen molar-refractivity contribution in [1.82, 2.24) is 4.90 Å². The first-order valence-electron chi connectivity index (χ1n) is 4.43. The van der Waals surface area contributed by atoms with Gasteiger partial charge in [0.2, 0.25) is 0 Å². The molecule has 1 aliphatic heterocycles. The van der Waals surface area contributed by atoms with E-state index >= 15 is 0 Å². The molecule has 1 aliphatic rings. The van der Waals surface area contributed by atoms with Crippen LogP contribution in [0.1, 0.15) is 12.8 Å². The Labute approximate surface area is 87.8 Å². The van der Waals surface area contributed by atoms with E-state index in [-0.39, 0.29) is 6.61 Å². The fourth-order valence-corrected chi connectivity index (χ4v) is 2.12. The van der Waals surface area contributed by atoms with Crippen molar-refractivity contribution in [2.75, 3.05) is 32.8 Å². The van der Waals surface area contributed by atoms with E-state index in [1.54, 1.807) is 0 Å². The van der Waals surface area contributed by atoms with Crippen LogP contribution in [0.3, 0.4) is 0 Å². The minimum absolute atomic E-state index is 0.285. The number of hydrogen-bond acceptors (Lipinski definition) is 3. The molecule has 3 nitrogen and oxygen atoms in total. The van der Waals surface area contributed by atoms with Crippen molar-refractivity contribution in [2.45, 2.75) is 12.8 Å². The highest BCUT2D eigenvalue weighted by Crippen LogP contribution is 2.17. The summed E-state index contributed by atoms with van der Waals surface area (Å²) in [7, 11) is 0. The van der Waals surface area contributed by atoms with Crippen molar-refractivity contribution in [3.05, 3.63) is 0 Å². The minimum Gasteiger partial charge on any atom is -0.395 e. The van der Waals surface area contributed by atoms with Gasteiger partial charge in [0.15, 0.2) is 0 Å². The van der Waals surface area contributed by atoms with Crippen LogP contribution in [0.4, 0.5) is 0 Å². The molecule has 0 amide bonds. The summed E-state index contributed by atoms with van der Waals surface area (Å²) in [5.41, 5.74) is 0. The molecule has 1 saturated heterocycles. The third kappa shape index (κ3) is 3.55. The molecule has 0 aromatic carbocycles. The number of hydrogen-bond donors (Lipinski definition) is 1. The average molecular weight is 285 g/mol. The zero-order valence-electron chi connectivity index (χ0n) is 7.21. The summed E-state index contributed by atoms with van der Waals surface area (Å²) < 4.78 is 5.08. The van der Waals surface area contributed by atoms with Crippen LogP contribution in [0, 0.1) is 5.92 Å². The van der Waals surface area contributed by atoms with E-state index in [9.17, 15) is 0 Å². The Kier molecular flexibility index (Phi) is 5.45. The quantitative estimate of drug-likeness (QED) is 0.784. The zero-order valence-corrected chi connectivity index (χ0v) is 9.37. The van der Waals surface area contributed by atoms with Gasteiger partial charge in [0.1, 0.15) is 23.0 Å². The highest BCUT2D eigenvalue weighted by Gasteiger charge is 2.18. The summed E-state index contributed by atoms with van der Waals surface area (Å²) in [4.78, 5) is 2.31. The first-order valence-corrected chi connectivity index (χ1v) is 5.31. The van der Waals surface area contributed by atoms with Crippen molar-refractivity contribution < 1.29 is 8.17 Å². The fourth-order valence-electron chi connectivity index (χ4n) is 1.61. The van der Waals surface area contributed by atoms with Gasteiger partial charge in [-0.15, -0.1) is 0 Å². The van der Waals surface area contributed by atoms with Gasteiger partial charge in [-0.05, 0) is 31.8 Å². The van der Waals surface area contributed by atoms with Gasteiger partial charge in [-0.3, -0.25) is 0 Å². The van der Waals surface area contributed by atoms with Crippen LogP contribution in [0.5, 0.6) is 0 Å². The number of halogens is 1. The molecule has 12 heavy (non-hydrogen) atoms. The maximum absolute atomic E-state index is 8.72.